The average molecular weight is 254 g/mol. The minimum absolute atomic E-state index is 0.808. The molecule has 7 nitrogen and oxygen atoms in total. The number of methoxy groups -OCH3 is 1. The van der Waals surface area contributed by atoms with Crippen LogP contribution in [0.15, 0.2) is 5.11 Å². The molecule has 0 rings (SSSR count). The lowest BCUT2D eigenvalue weighted by Gasteiger charge is -2.27. The van der Waals surface area contributed by atoms with Gasteiger partial charge < -0.3 is 10.1 Å². The van der Waals surface area contributed by atoms with Crippen molar-refractivity contribution in [3.05, 3.63) is 10.4 Å². The SMILES string of the molecule is COC(=O)C(CC(F)(F)F)(N=[N+]=[N-])NC(C)=O. The van der Waals surface area contributed by atoms with Gasteiger partial charge in [-0.15, -0.1) is 0 Å². The molecule has 1 atom stereocenters. The van der Waals surface area contributed by atoms with Crippen LogP contribution in [0.3, 0.4) is 0 Å². The fourth-order valence-electron chi connectivity index (χ4n) is 1.10. The fraction of sp³-hybridized carbons (Fsp3) is 0.714. The molecule has 1 N–H and O–H groups in total. The van der Waals surface area contributed by atoms with E-state index in [1.165, 1.54) is 0 Å². The molecule has 0 saturated heterocycles. The van der Waals surface area contributed by atoms with E-state index in [1.54, 1.807) is 5.32 Å². The summed E-state index contributed by atoms with van der Waals surface area (Å²) in [4.78, 5) is 24.1. The minimum Gasteiger partial charge on any atom is -0.467 e. The van der Waals surface area contributed by atoms with E-state index < -0.39 is 30.1 Å². The summed E-state index contributed by atoms with van der Waals surface area (Å²) in [6, 6.07) is 0. The Balaban J connectivity index is 5.46. The fourth-order valence-corrected chi connectivity index (χ4v) is 1.10. The lowest BCUT2D eigenvalue weighted by molar-refractivity contribution is -0.173. The standard InChI is InChI=1S/C7H9F3N4O3/c1-4(15)12-6(13-14-11,5(16)17-2)3-7(8,9)10/h3H2,1-2H3,(H,12,15). The predicted molar refractivity (Wildman–Crippen MR) is 48.4 cm³/mol. The maximum absolute atomic E-state index is 12.3. The molecule has 0 fully saturated rings. The first kappa shape index (κ1) is 15.0. The number of halogens is 3. The molecule has 17 heavy (non-hydrogen) atoms. The van der Waals surface area contributed by atoms with Gasteiger partial charge in [-0.05, 0) is 5.53 Å². The number of ether oxygens (including phenoxy) is 1. The third-order valence-corrected chi connectivity index (χ3v) is 1.58. The Kier molecular flexibility index (Phi) is 4.77. The molecule has 0 aliphatic carbocycles. The zero-order valence-electron chi connectivity index (χ0n) is 8.91. The summed E-state index contributed by atoms with van der Waals surface area (Å²) in [5.41, 5.74) is 5.38. The molecule has 0 aliphatic heterocycles. The Labute approximate surface area is 93.5 Å². The molecule has 0 heterocycles. The van der Waals surface area contributed by atoms with Gasteiger partial charge in [0.15, 0.2) is 0 Å². The van der Waals surface area contributed by atoms with Crippen LogP contribution in [-0.2, 0) is 14.3 Å². The molecule has 0 aromatic carbocycles. The molecule has 0 saturated carbocycles. The van der Waals surface area contributed by atoms with Crippen molar-refractivity contribution in [2.24, 2.45) is 5.11 Å². The molecule has 0 spiro atoms. The molecule has 10 heteroatoms. The number of hydrogen-bond donors (Lipinski definition) is 1. The quantitative estimate of drug-likeness (QED) is 0.353. The van der Waals surface area contributed by atoms with E-state index in [2.05, 4.69) is 14.8 Å². The van der Waals surface area contributed by atoms with Gasteiger partial charge in [-0.25, -0.2) is 4.79 Å². The van der Waals surface area contributed by atoms with Crippen LogP contribution in [-0.4, -0.2) is 30.8 Å². The van der Waals surface area contributed by atoms with Crippen molar-refractivity contribution in [3.63, 3.8) is 0 Å². The number of amides is 1. The predicted octanol–water partition coefficient (Wildman–Crippen LogP) is 1.25. The summed E-state index contributed by atoms with van der Waals surface area (Å²) in [5, 5.41) is 4.35. The maximum Gasteiger partial charge on any atom is 0.392 e. The molecule has 0 bridgehead atoms. The van der Waals surface area contributed by atoms with Crippen molar-refractivity contribution < 1.29 is 27.5 Å². The van der Waals surface area contributed by atoms with Gasteiger partial charge in [0.05, 0.1) is 13.5 Å². The van der Waals surface area contributed by atoms with E-state index in [4.69, 9.17) is 5.53 Å². The van der Waals surface area contributed by atoms with Gasteiger partial charge in [-0.3, -0.25) is 4.79 Å². The smallest absolute Gasteiger partial charge is 0.392 e. The van der Waals surface area contributed by atoms with E-state index >= 15 is 0 Å². The van der Waals surface area contributed by atoms with Gasteiger partial charge in [0.1, 0.15) is 0 Å². The number of azide groups is 1. The normalized spacial score (nSPS) is 14.2. The molecule has 0 aromatic heterocycles. The number of alkyl halides is 3. The summed E-state index contributed by atoms with van der Waals surface area (Å²) in [7, 11) is 0.808. The van der Waals surface area contributed by atoms with E-state index in [-0.39, 0.29) is 0 Å². The van der Waals surface area contributed by atoms with E-state index in [1.807, 2.05) is 0 Å². The maximum atomic E-state index is 12.3. The zero-order valence-corrected chi connectivity index (χ0v) is 8.91. The monoisotopic (exact) mass is 254 g/mol. The highest BCUT2D eigenvalue weighted by molar-refractivity contribution is 5.86. The van der Waals surface area contributed by atoms with Crippen LogP contribution in [0.5, 0.6) is 0 Å². The molecule has 1 unspecified atom stereocenters. The summed E-state index contributed by atoms with van der Waals surface area (Å²) in [5.74, 6) is -2.46. The van der Waals surface area contributed by atoms with Crippen molar-refractivity contribution in [2.45, 2.75) is 25.2 Å². The number of carbonyl (C=O) groups excluding carboxylic acids is 2. The summed E-state index contributed by atoms with van der Waals surface area (Å²) >= 11 is 0. The first-order valence-corrected chi connectivity index (χ1v) is 4.17. The molecule has 0 aromatic rings. The van der Waals surface area contributed by atoms with Crippen molar-refractivity contribution >= 4 is 11.9 Å². The molecule has 96 valence electrons. The number of hydrogen-bond acceptors (Lipinski definition) is 4. The van der Waals surface area contributed by atoms with Gasteiger partial charge in [0, 0.05) is 11.8 Å². The lowest BCUT2D eigenvalue weighted by Crippen LogP contribution is -2.55. The second-order valence-corrected chi connectivity index (χ2v) is 3.01. The molecular formula is C7H9F3N4O3. The van der Waals surface area contributed by atoms with E-state index in [0.29, 0.717) is 0 Å². The average Bonchev–Trinajstić information content (AvgIpc) is 2.12. The third-order valence-electron chi connectivity index (χ3n) is 1.58. The van der Waals surface area contributed by atoms with Gasteiger partial charge in [0.25, 0.3) is 0 Å². The van der Waals surface area contributed by atoms with Crippen molar-refractivity contribution in [3.8, 4) is 0 Å². The number of esters is 1. The number of carbonyl (C=O) groups is 2. The summed E-state index contributed by atoms with van der Waals surface area (Å²) < 4.78 is 40.9. The van der Waals surface area contributed by atoms with E-state index in [0.717, 1.165) is 14.0 Å². The van der Waals surface area contributed by atoms with Crippen LogP contribution in [0.1, 0.15) is 13.3 Å². The molecule has 0 aliphatic rings. The van der Waals surface area contributed by atoms with Crippen LogP contribution >= 0.6 is 0 Å². The Bertz CT molecular complexity index is 364. The summed E-state index contributed by atoms with van der Waals surface area (Å²) in [6.07, 6.45) is -6.68. The third kappa shape index (κ3) is 4.60. The Hall–Kier alpha value is -1.96. The Morgan fingerprint density at radius 2 is 2.00 bits per heavy atom. The Morgan fingerprint density at radius 3 is 2.29 bits per heavy atom. The number of nitrogens with one attached hydrogen (secondary N) is 1. The van der Waals surface area contributed by atoms with Crippen molar-refractivity contribution in [1.82, 2.24) is 5.32 Å². The highest BCUT2D eigenvalue weighted by atomic mass is 19.4. The van der Waals surface area contributed by atoms with Gasteiger partial charge in [-0.1, -0.05) is 5.11 Å². The van der Waals surface area contributed by atoms with Crippen LogP contribution in [0, 0.1) is 0 Å². The first-order valence-electron chi connectivity index (χ1n) is 4.17. The molecule has 1 amide bonds. The molecule has 0 radical (unpaired) electrons. The Morgan fingerprint density at radius 1 is 1.47 bits per heavy atom. The number of rotatable bonds is 4. The van der Waals surface area contributed by atoms with Crippen molar-refractivity contribution in [2.75, 3.05) is 7.11 Å². The van der Waals surface area contributed by atoms with Gasteiger partial charge in [0.2, 0.25) is 11.6 Å². The minimum atomic E-state index is -4.83. The van der Waals surface area contributed by atoms with Crippen LogP contribution in [0.25, 0.3) is 10.4 Å². The van der Waals surface area contributed by atoms with Crippen molar-refractivity contribution in [1.29, 1.82) is 0 Å². The second kappa shape index (κ2) is 5.39. The first-order chi connectivity index (χ1) is 7.67. The molecular weight excluding hydrogens is 245 g/mol. The highest BCUT2D eigenvalue weighted by Gasteiger charge is 2.49. The second-order valence-electron chi connectivity index (χ2n) is 3.01. The van der Waals surface area contributed by atoms with Crippen LogP contribution < -0.4 is 5.32 Å². The largest absolute Gasteiger partial charge is 0.467 e. The van der Waals surface area contributed by atoms with E-state index in [9.17, 15) is 22.8 Å². The highest BCUT2D eigenvalue weighted by Crippen LogP contribution is 2.29. The number of nitrogens with zero attached hydrogens (tertiary/aromatic N) is 3. The lowest BCUT2D eigenvalue weighted by atomic mass is 10.1. The summed E-state index contributed by atoms with van der Waals surface area (Å²) in [6.45, 7) is 0.876. The van der Waals surface area contributed by atoms with Gasteiger partial charge >= 0.3 is 12.1 Å². The van der Waals surface area contributed by atoms with Crippen LogP contribution in [0.2, 0.25) is 0 Å². The van der Waals surface area contributed by atoms with Gasteiger partial charge in [-0.2, -0.15) is 13.2 Å². The zero-order chi connectivity index (χ0) is 13.7. The topological polar surface area (TPSA) is 104 Å². The van der Waals surface area contributed by atoms with Crippen LogP contribution in [0.4, 0.5) is 13.2 Å².